The smallest absolute Gasteiger partial charge is 0.328 e. The van der Waals surface area contributed by atoms with Crippen molar-refractivity contribution >= 4 is 0 Å². The van der Waals surface area contributed by atoms with Gasteiger partial charge in [-0.2, -0.15) is 0 Å². The van der Waals surface area contributed by atoms with Crippen LogP contribution in [0.25, 0.3) is 0 Å². The molecule has 2 aliphatic carbocycles. The lowest BCUT2D eigenvalue weighted by atomic mass is 9.88. The third-order valence-corrected chi connectivity index (χ3v) is 4.18. The number of allylic oxidation sites excluding steroid dienone is 2. The van der Waals surface area contributed by atoms with Gasteiger partial charge in [0.05, 0.1) is 12.2 Å². The van der Waals surface area contributed by atoms with Crippen LogP contribution in [0.3, 0.4) is 0 Å². The van der Waals surface area contributed by atoms with Gasteiger partial charge in [-0.3, -0.25) is 9.36 Å². The van der Waals surface area contributed by atoms with Crippen LogP contribution in [0.4, 0.5) is 0 Å². The summed E-state index contributed by atoms with van der Waals surface area (Å²) in [5.74, 6) is 0.612. The lowest BCUT2D eigenvalue weighted by Gasteiger charge is -2.23. The normalized spacial score (nSPS) is 29.1. The first-order valence-corrected chi connectivity index (χ1v) is 6.25. The van der Waals surface area contributed by atoms with Crippen molar-refractivity contribution in [3.8, 4) is 0 Å². The average molecular weight is 248 g/mol. The Morgan fingerprint density at radius 3 is 2.89 bits per heavy atom. The molecular weight excluding hydrogens is 232 g/mol. The third kappa shape index (κ3) is 1.66. The highest BCUT2D eigenvalue weighted by Crippen LogP contribution is 2.49. The minimum absolute atomic E-state index is 0.0322. The van der Waals surface area contributed by atoms with E-state index in [0.717, 1.165) is 19.3 Å². The van der Waals surface area contributed by atoms with Crippen LogP contribution in [0.5, 0.6) is 0 Å². The van der Waals surface area contributed by atoms with E-state index in [0.29, 0.717) is 12.5 Å². The molecule has 18 heavy (non-hydrogen) atoms. The Hall–Kier alpha value is -1.62. The molecule has 2 bridgehead atoms. The Labute approximate surface area is 104 Å². The van der Waals surface area contributed by atoms with Gasteiger partial charge in [-0.1, -0.05) is 12.2 Å². The van der Waals surface area contributed by atoms with E-state index < -0.39 is 5.69 Å². The standard InChI is InChI=1S/C13H16N2O3/c16-7-10-6-14-12(18)15(11(10)17)8-13-3-1-9(5-13)2-4-13/h1,3,6,9,16H,2,4-5,7-8H2,(H,14,18). The largest absolute Gasteiger partial charge is 0.391 e. The van der Waals surface area contributed by atoms with Gasteiger partial charge in [0.15, 0.2) is 0 Å². The van der Waals surface area contributed by atoms with Crippen molar-refractivity contribution in [2.24, 2.45) is 11.3 Å². The third-order valence-electron chi connectivity index (χ3n) is 4.18. The van der Waals surface area contributed by atoms with Gasteiger partial charge < -0.3 is 10.1 Å². The number of aromatic nitrogens is 2. The van der Waals surface area contributed by atoms with Crippen LogP contribution in [-0.2, 0) is 13.2 Å². The second-order valence-corrected chi connectivity index (χ2v) is 5.39. The van der Waals surface area contributed by atoms with E-state index in [4.69, 9.17) is 5.11 Å². The van der Waals surface area contributed by atoms with Crippen LogP contribution in [0.2, 0.25) is 0 Å². The van der Waals surface area contributed by atoms with Crippen LogP contribution in [0.1, 0.15) is 24.8 Å². The maximum absolute atomic E-state index is 12.0. The summed E-state index contributed by atoms with van der Waals surface area (Å²) in [6.07, 6.45) is 8.84. The van der Waals surface area contributed by atoms with Crippen LogP contribution in [-0.4, -0.2) is 14.7 Å². The van der Waals surface area contributed by atoms with Gasteiger partial charge in [-0.15, -0.1) is 0 Å². The molecule has 2 unspecified atom stereocenters. The maximum Gasteiger partial charge on any atom is 0.328 e. The molecule has 0 spiro atoms. The fourth-order valence-corrected chi connectivity index (χ4v) is 3.18. The first-order chi connectivity index (χ1) is 8.63. The van der Waals surface area contributed by atoms with Crippen molar-refractivity contribution in [1.82, 2.24) is 9.55 Å². The first kappa shape index (κ1) is 11.5. The summed E-state index contributed by atoms with van der Waals surface area (Å²) in [5, 5.41) is 9.07. The maximum atomic E-state index is 12.0. The number of nitrogens with zero attached hydrogens (tertiary/aromatic N) is 1. The van der Waals surface area contributed by atoms with Gasteiger partial charge >= 0.3 is 5.69 Å². The number of hydrogen-bond donors (Lipinski definition) is 2. The molecule has 5 heteroatoms. The molecule has 0 saturated heterocycles. The van der Waals surface area contributed by atoms with Crippen molar-refractivity contribution in [2.75, 3.05) is 0 Å². The zero-order chi connectivity index (χ0) is 12.8. The molecule has 1 saturated carbocycles. The highest BCUT2D eigenvalue weighted by molar-refractivity contribution is 5.16. The molecule has 2 aliphatic rings. The predicted molar refractivity (Wildman–Crippen MR) is 66.2 cm³/mol. The number of H-pyrrole nitrogens is 1. The Kier molecular flexibility index (Phi) is 2.52. The average Bonchev–Trinajstić information content (AvgIpc) is 2.95. The minimum Gasteiger partial charge on any atom is -0.391 e. The molecule has 0 radical (unpaired) electrons. The van der Waals surface area contributed by atoms with E-state index in [9.17, 15) is 9.59 Å². The Morgan fingerprint density at radius 1 is 1.50 bits per heavy atom. The molecule has 0 amide bonds. The number of hydrogen-bond acceptors (Lipinski definition) is 3. The molecule has 1 fully saturated rings. The van der Waals surface area contributed by atoms with Gasteiger partial charge in [0, 0.05) is 18.2 Å². The number of rotatable bonds is 3. The lowest BCUT2D eigenvalue weighted by Crippen LogP contribution is -2.40. The van der Waals surface area contributed by atoms with Crippen LogP contribution in [0, 0.1) is 11.3 Å². The number of fused-ring (bicyclic) bond motifs is 2. The van der Waals surface area contributed by atoms with E-state index in [-0.39, 0.29) is 23.1 Å². The van der Waals surface area contributed by atoms with Crippen molar-refractivity contribution in [2.45, 2.75) is 32.4 Å². The molecule has 3 rings (SSSR count). The lowest BCUT2D eigenvalue weighted by molar-refractivity contribution is 0.274. The van der Waals surface area contributed by atoms with Crippen LogP contribution >= 0.6 is 0 Å². The Morgan fingerprint density at radius 2 is 2.33 bits per heavy atom. The van der Waals surface area contributed by atoms with Gasteiger partial charge in [-0.25, -0.2) is 4.79 Å². The minimum atomic E-state index is -0.393. The number of aromatic amines is 1. The van der Waals surface area contributed by atoms with Crippen molar-refractivity contribution in [1.29, 1.82) is 0 Å². The van der Waals surface area contributed by atoms with E-state index in [1.807, 2.05) is 0 Å². The Balaban J connectivity index is 2.01. The van der Waals surface area contributed by atoms with E-state index in [2.05, 4.69) is 17.1 Å². The van der Waals surface area contributed by atoms with Gasteiger partial charge in [0.2, 0.25) is 0 Å². The summed E-state index contributed by atoms with van der Waals surface area (Å²) in [5.41, 5.74) is -0.563. The SMILES string of the molecule is O=c1[nH]cc(CO)c(=O)n1CC12C=CC(CC1)C2. The summed E-state index contributed by atoms with van der Waals surface area (Å²) in [6, 6.07) is 0. The molecule has 0 aromatic carbocycles. The van der Waals surface area contributed by atoms with Crippen LogP contribution < -0.4 is 11.2 Å². The number of aliphatic hydroxyl groups is 1. The molecule has 96 valence electrons. The summed E-state index contributed by atoms with van der Waals surface area (Å²) >= 11 is 0. The molecule has 5 nitrogen and oxygen atoms in total. The second kappa shape index (κ2) is 3.95. The predicted octanol–water partition coefficient (Wildman–Crippen LogP) is 0.385. The van der Waals surface area contributed by atoms with Gasteiger partial charge in [0.1, 0.15) is 0 Å². The summed E-state index contributed by atoms with van der Waals surface area (Å²) in [4.78, 5) is 26.3. The van der Waals surface area contributed by atoms with Crippen LogP contribution in [0.15, 0.2) is 27.9 Å². The summed E-state index contributed by atoms with van der Waals surface area (Å²) in [6.45, 7) is 0.0725. The number of nitrogens with one attached hydrogen (secondary N) is 1. The van der Waals surface area contributed by atoms with E-state index in [1.165, 1.54) is 10.8 Å². The van der Waals surface area contributed by atoms with E-state index >= 15 is 0 Å². The molecule has 2 atom stereocenters. The zero-order valence-corrected chi connectivity index (χ0v) is 10.1. The highest BCUT2D eigenvalue weighted by atomic mass is 16.3. The van der Waals surface area contributed by atoms with Gasteiger partial charge in [0.25, 0.3) is 5.56 Å². The second-order valence-electron chi connectivity index (χ2n) is 5.39. The molecular formula is C13H16N2O3. The molecule has 1 aromatic rings. The fraction of sp³-hybridized carbons (Fsp3) is 0.538. The molecule has 2 N–H and O–H groups in total. The zero-order valence-electron chi connectivity index (χ0n) is 10.1. The van der Waals surface area contributed by atoms with Crippen molar-refractivity contribution in [3.05, 3.63) is 44.8 Å². The highest BCUT2D eigenvalue weighted by Gasteiger charge is 2.41. The summed E-state index contributed by atoms with van der Waals surface area (Å²) < 4.78 is 1.23. The first-order valence-electron chi connectivity index (χ1n) is 6.25. The molecule has 0 aliphatic heterocycles. The fourth-order valence-electron chi connectivity index (χ4n) is 3.18. The monoisotopic (exact) mass is 248 g/mol. The Bertz CT molecular complexity index is 613. The molecule has 1 heterocycles. The topological polar surface area (TPSA) is 75.1 Å². The van der Waals surface area contributed by atoms with E-state index in [1.54, 1.807) is 0 Å². The van der Waals surface area contributed by atoms with Gasteiger partial charge in [-0.05, 0) is 25.2 Å². The van der Waals surface area contributed by atoms with Crippen molar-refractivity contribution < 1.29 is 5.11 Å². The number of aliphatic hydroxyl groups excluding tert-OH is 1. The quantitative estimate of drug-likeness (QED) is 0.760. The molecule has 1 aromatic heterocycles. The van der Waals surface area contributed by atoms with Crippen molar-refractivity contribution in [3.63, 3.8) is 0 Å². The summed E-state index contributed by atoms with van der Waals surface area (Å²) in [7, 11) is 0.